The Hall–Kier alpha value is -0.900. The smallest absolute Gasteiger partial charge is 0.230 e. The molecule has 76 valence electrons. The maximum atomic E-state index is 5.53. The lowest BCUT2D eigenvalue weighted by Crippen LogP contribution is -2.15. The fraction of sp³-hybridized carbons (Fsp3) is 0.800. The van der Waals surface area contributed by atoms with E-state index in [1.807, 2.05) is 0 Å². The van der Waals surface area contributed by atoms with Crippen molar-refractivity contribution in [3.8, 4) is 0 Å². The number of hydrogen-bond donors (Lipinski definition) is 1. The molecule has 2 aliphatic rings. The molecule has 1 N–H and O–H groups in total. The zero-order chi connectivity index (χ0) is 9.38. The van der Waals surface area contributed by atoms with Crippen molar-refractivity contribution in [2.45, 2.75) is 44.7 Å². The first-order chi connectivity index (χ1) is 6.90. The molecule has 0 spiro atoms. The van der Waals surface area contributed by atoms with E-state index in [4.69, 9.17) is 4.42 Å². The van der Waals surface area contributed by atoms with Gasteiger partial charge in [-0.15, -0.1) is 10.2 Å². The summed E-state index contributed by atoms with van der Waals surface area (Å²) < 4.78 is 5.53. The molecular weight excluding hydrogens is 178 g/mol. The van der Waals surface area contributed by atoms with E-state index in [1.54, 1.807) is 0 Å². The topological polar surface area (TPSA) is 51.0 Å². The largest absolute Gasteiger partial charge is 0.424 e. The van der Waals surface area contributed by atoms with Crippen molar-refractivity contribution in [2.24, 2.45) is 5.92 Å². The highest BCUT2D eigenvalue weighted by molar-refractivity contribution is 4.89. The van der Waals surface area contributed by atoms with E-state index in [9.17, 15) is 0 Å². The Bertz CT molecular complexity index is 315. The molecule has 0 atom stereocenters. The summed E-state index contributed by atoms with van der Waals surface area (Å²) in [5.74, 6) is 2.38. The van der Waals surface area contributed by atoms with Gasteiger partial charge in [-0.1, -0.05) is 0 Å². The fourth-order valence-electron chi connectivity index (χ4n) is 1.53. The summed E-state index contributed by atoms with van der Waals surface area (Å²) in [4.78, 5) is 0. The minimum absolute atomic E-state index is 0.703. The highest BCUT2D eigenvalue weighted by atomic mass is 16.4. The van der Waals surface area contributed by atoms with Gasteiger partial charge in [0.2, 0.25) is 11.8 Å². The Morgan fingerprint density at radius 2 is 1.93 bits per heavy atom. The van der Waals surface area contributed by atoms with Gasteiger partial charge in [-0.05, 0) is 31.6 Å². The molecule has 4 nitrogen and oxygen atoms in total. The molecular formula is C10H15N3O. The molecule has 0 bridgehead atoms. The summed E-state index contributed by atoms with van der Waals surface area (Å²) in [5, 5.41) is 11.4. The van der Waals surface area contributed by atoms with Crippen LogP contribution in [0.2, 0.25) is 0 Å². The van der Waals surface area contributed by atoms with Gasteiger partial charge in [0.1, 0.15) is 0 Å². The molecule has 0 unspecified atom stereocenters. The average Bonchev–Trinajstić information content (AvgIpc) is 3.06. The molecule has 2 saturated carbocycles. The van der Waals surface area contributed by atoms with Gasteiger partial charge in [0.15, 0.2) is 0 Å². The maximum Gasteiger partial charge on any atom is 0.230 e. The van der Waals surface area contributed by atoms with Crippen molar-refractivity contribution in [1.82, 2.24) is 15.5 Å². The summed E-state index contributed by atoms with van der Waals surface area (Å²) in [6.07, 6.45) is 6.23. The molecule has 1 aromatic heterocycles. The Balaban J connectivity index is 1.52. The first-order valence-corrected chi connectivity index (χ1v) is 5.45. The fourth-order valence-corrected chi connectivity index (χ4v) is 1.53. The normalized spacial score (nSPS) is 21.4. The van der Waals surface area contributed by atoms with Crippen molar-refractivity contribution in [3.05, 3.63) is 11.8 Å². The van der Waals surface area contributed by atoms with Gasteiger partial charge in [-0.25, -0.2) is 0 Å². The Morgan fingerprint density at radius 3 is 2.64 bits per heavy atom. The highest BCUT2D eigenvalue weighted by Crippen LogP contribution is 2.32. The number of nitrogens with zero attached hydrogens (tertiary/aromatic N) is 2. The van der Waals surface area contributed by atoms with E-state index in [0.29, 0.717) is 6.04 Å². The lowest BCUT2D eigenvalue weighted by Gasteiger charge is -1.95. The van der Waals surface area contributed by atoms with E-state index >= 15 is 0 Å². The summed E-state index contributed by atoms with van der Waals surface area (Å²) >= 11 is 0. The molecule has 4 heteroatoms. The van der Waals surface area contributed by atoms with Crippen molar-refractivity contribution < 1.29 is 4.42 Å². The molecule has 0 saturated heterocycles. The molecule has 0 aromatic carbocycles. The standard InChI is InChI=1S/C10H15N3O/c1-2-7(1)5-9-12-13-10(14-9)6-11-8-3-4-8/h7-8,11H,1-6H2. The summed E-state index contributed by atoms with van der Waals surface area (Å²) in [5.41, 5.74) is 0. The number of aromatic nitrogens is 2. The van der Waals surface area contributed by atoms with Gasteiger partial charge in [0, 0.05) is 12.5 Å². The number of rotatable bonds is 5. The Kier molecular flexibility index (Phi) is 2.01. The molecule has 0 radical (unpaired) electrons. The number of hydrogen-bond acceptors (Lipinski definition) is 4. The highest BCUT2D eigenvalue weighted by Gasteiger charge is 2.25. The summed E-state index contributed by atoms with van der Waals surface area (Å²) in [7, 11) is 0. The molecule has 2 aliphatic carbocycles. The third-order valence-corrected chi connectivity index (χ3v) is 2.79. The van der Waals surface area contributed by atoms with Crippen molar-refractivity contribution in [3.63, 3.8) is 0 Å². The summed E-state index contributed by atoms with van der Waals surface area (Å²) in [6, 6.07) is 0.703. The van der Waals surface area contributed by atoms with Crippen LogP contribution in [0.25, 0.3) is 0 Å². The Labute approximate surface area is 83.1 Å². The van der Waals surface area contributed by atoms with Crippen LogP contribution in [0.5, 0.6) is 0 Å². The van der Waals surface area contributed by atoms with Crippen molar-refractivity contribution >= 4 is 0 Å². The van der Waals surface area contributed by atoms with Gasteiger partial charge in [-0.3, -0.25) is 0 Å². The predicted molar refractivity (Wildman–Crippen MR) is 50.6 cm³/mol. The van der Waals surface area contributed by atoms with Gasteiger partial charge in [0.05, 0.1) is 6.54 Å². The third kappa shape index (κ3) is 2.12. The number of nitrogens with one attached hydrogen (secondary N) is 1. The van der Waals surface area contributed by atoms with Crippen LogP contribution in [-0.2, 0) is 13.0 Å². The second kappa shape index (κ2) is 3.35. The summed E-state index contributed by atoms with van der Waals surface area (Å²) in [6.45, 7) is 0.738. The monoisotopic (exact) mass is 193 g/mol. The van der Waals surface area contributed by atoms with Crippen LogP contribution in [0.4, 0.5) is 0 Å². The molecule has 2 fully saturated rings. The van der Waals surface area contributed by atoms with Crippen LogP contribution in [0.3, 0.4) is 0 Å². The van der Waals surface area contributed by atoms with Crippen LogP contribution in [0, 0.1) is 5.92 Å². The Morgan fingerprint density at radius 1 is 1.14 bits per heavy atom. The lowest BCUT2D eigenvalue weighted by atomic mass is 10.3. The van der Waals surface area contributed by atoms with E-state index in [1.165, 1.54) is 25.7 Å². The van der Waals surface area contributed by atoms with E-state index < -0.39 is 0 Å². The van der Waals surface area contributed by atoms with Crippen molar-refractivity contribution in [1.29, 1.82) is 0 Å². The van der Waals surface area contributed by atoms with Gasteiger partial charge < -0.3 is 9.73 Å². The molecule has 0 amide bonds. The molecule has 14 heavy (non-hydrogen) atoms. The predicted octanol–water partition coefficient (Wildman–Crippen LogP) is 1.27. The van der Waals surface area contributed by atoms with Crippen LogP contribution in [0.15, 0.2) is 4.42 Å². The third-order valence-electron chi connectivity index (χ3n) is 2.79. The van der Waals surface area contributed by atoms with Crippen LogP contribution >= 0.6 is 0 Å². The van der Waals surface area contributed by atoms with Gasteiger partial charge in [-0.2, -0.15) is 0 Å². The van der Waals surface area contributed by atoms with E-state index in [2.05, 4.69) is 15.5 Å². The second-order valence-electron chi connectivity index (χ2n) is 4.39. The zero-order valence-electron chi connectivity index (χ0n) is 8.20. The molecule has 0 aliphatic heterocycles. The minimum atomic E-state index is 0.703. The minimum Gasteiger partial charge on any atom is -0.424 e. The van der Waals surface area contributed by atoms with Gasteiger partial charge in [0.25, 0.3) is 0 Å². The van der Waals surface area contributed by atoms with Crippen molar-refractivity contribution in [2.75, 3.05) is 0 Å². The van der Waals surface area contributed by atoms with Gasteiger partial charge >= 0.3 is 0 Å². The lowest BCUT2D eigenvalue weighted by molar-refractivity contribution is 0.425. The molecule has 3 rings (SSSR count). The maximum absolute atomic E-state index is 5.53. The first-order valence-electron chi connectivity index (χ1n) is 5.45. The van der Waals surface area contributed by atoms with E-state index in [-0.39, 0.29) is 0 Å². The quantitative estimate of drug-likeness (QED) is 0.765. The molecule has 1 aromatic rings. The van der Waals surface area contributed by atoms with Crippen LogP contribution in [-0.4, -0.2) is 16.2 Å². The second-order valence-corrected chi connectivity index (χ2v) is 4.39. The zero-order valence-corrected chi connectivity index (χ0v) is 8.20. The first kappa shape index (κ1) is 8.41. The molecule has 1 heterocycles. The SMILES string of the molecule is C(NC1CC1)c1nnc(CC2CC2)o1. The van der Waals surface area contributed by atoms with Crippen LogP contribution in [0.1, 0.15) is 37.5 Å². The van der Waals surface area contributed by atoms with Crippen LogP contribution < -0.4 is 5.32 Å². The van der Waals surface area contributed by atoms with E-state index in [0.717, 1.165) is 30.7 Å². The average molecular weight is 193 g/mol.